The van der Waals surface area contributed by atoms with Gasteiger partial charge in [0.1, 0.15) is 0 Å². The van der Waals surface area contributed by atoms with Gasteiger partial charge in [-0.15, -0.1) is 0 Å². The van der Waals surface area contributed by atoms with Crippen molar-refractivity contribution in [2.45, 2.75) is 12.3 Å². The van der Waals surface area contributed by atoms with Crippen molar-refractivity contribution in [1.29, 1.82) is 0 Å². The summed E-state index contributed by atoms with van der Waals surface area (Å²) in [4.78, 5) is 13.6. The van der Waals surface area contributed by atoms with E-state index in [-0.39, 0.29) is 11.8 Å². The maximum atomic E-state index is 12.9. The highest BCUT2D eigenvalue weighted by Gasteiger charge is 2.43. The topological polar surface area (TPSA) is 65.8 Å². The lowest BCUT2D eigenvalue weighted by atomic mass is 10.1. The van der Waals surface area contributed by atoms with Crippen LogP contribution in [0.15, 0.2) is 23.3 Å². The van der Waals surface area contributed by atoms with Crippen molar-refractivity contribution in [2.24, 2.45) is 11.0 Å². The molecule has 1 aliphatic carbocycles. The highest BCUT2D eigenvalue weighted by atomic mass is 19.2. The molecule has 0 N–H and O–H groups in total. The van der Waals surface area contributed by atoms with Gasteiger partial charge in [-0.05, 0) is 40.7 Å². The lowest BCUT2D eigenvalue weighted by molar-refractivity contribution is -0.119. The van der Waals surface area contributed by atoms with E-state index in [1.54, 1.807) is 0 Å². The Hall–Kier alpha value is -1.94. The number of hydrogen-bond acceptors (Lipinski definition) is 1. The number of carbonyl (C=O) groups excluding carboxylic acids is 1. The number of rotatable bonds is 2. The number of halogens is 2. The normalized spacial score (nSPS) is 22.4. The second-order valence-electron chi connectivity index (χ2n) is 3.65. The van der Waals surface area contributed by atoms with Gasteiger partial charge in [-0.1, -0.05) is 6.07 Å². The fourth-order valence-electron chi connectivity index (χ4n) is 1.70. The Morgan fingerprint density at radius 2 is 2.19 bits per heavy atom. The molecule has 0 radical (unpaired) electrons. The maximum Gasteiger partial charge on any atom is 0.222 e. The molecule has 0 unspecified atom stereocenters. The molecule has 1 fully saturated rings. The van der Waals surface area contributed by atoms with Crippen LogP contribution in [0.1, 0.15) is 17.9 Å². The van der Waals surface area contributed by atoms with Gasteiger partial charge in [0.15, 0.2) is 11.6 Å². The minimum atomic E-state index is -0.931. The largest absolute Gasteiger partial charge is 0.292 e. The zero-order valence-electron chi connectivity index (χ0n) is 8.10. The van der Waals surface area contributed by atoms with Gasteiger partial charge in [0, 0.05) is 10.8 Å². The van der Waals surface area contributed by atoms with E-state index in [0.29, 0.717) is 12.0 Å². The van der Waals surface area contributed by atoms with Gasteiger partial charge in [-0.3, -0.25) is 4.79 Å². The molecule has 2 atom stereocenters. The van der Waals surface area contributed by atoms with E-state index in [2.05, 4.69) is 10.0 Å². The molecule has 1 aromatic rings. The van der Waals surface area contributed by atoms with Crippen LogP contribution in [0.25, 0.3) is 10.4 Å². The summed E-state index contributed by atoms with van der Waals surface area (Å²) in [5.74, 6) is -2.94. The van der Waals surface area contributed by atoms with Gasteiger partial charge in [0.25, 0.3) is 0 Å². The summed E-state index contributed by atoms with van der Waals surface area (Å²) in [7, 11) is 0. The van der Waals surface area contributed by atoms with E-state index < -0.39 is 17.5 Å². The van der Waals surface area contributed by atoms with Crippen LogP contribution in [0, 0.1) is 17.6 Å². The summed E-state index contributed by atoms with van der Waals surface area (Å²) in [6.45, 7) is 0. The van der Waals surface area contributed by atoms with Crippen LogP contribution in [0.5, 0.6) is 0 Å². The second-order valence-corrected chi connectivity index (χ2v) is 3.65. The highest BCUT2D eigenvalue weighted by molar-refractivity contribution is 5.83. The molecular formula is C10H7F2N3O. The number of carbonyl (C=O) groups is 1. The van der Waals surface area contributed by atoms with Crippen molar-refractivity contribution < 1.29 is 13.6 Å². The number of amides is 1. The smallest absolute Gasteiger partial charge is 0.222 e. The zero-order chi connectivity index (χ0) is 11.7. The maximum absolute atomic E-state index is 12.9. The Labute approximate surface area is 89.5 Å². The van der Waals surface area contributed by atoms with E-state index in [1.807, 2.05) is 0 Å². The van der Waals surface area contributed by atoms with Crippen LogP contribution in [0.3, 0.4) is 0 Å². The molecule has 1 aromatic carbocycles. The van der Waals surface area contributed by atoms with Crippen molar-refractivity contribution in [3.8, 4) is 0 Å². The molecule has 0 heterocycles. The molecule has 0 bridgehead atoms. The van der Waals surface area contributed by atoms with Crippen LogP contribution >= 0.6 is 0 Å². The zero-order valence-corrected chi connectivity index (χ0v) is 8.10. The van der Waals surface area contributed by atoms with Crippen molar-refractivity contribution in [1.82, 2.24) is 0 Å². The average Bonchev–Trinajstić information content (AvgIpc) is 3.02. The summed E-state index contributed by atoms with van der Waals surface area (Å²) in [6, 6.07) is 3.54. The first-order valence-electron chi connectivity index (χ1n) is 4.67. The summed E-state index contributed by atoms with van der Waals surface area (Å²) in [5, 5.41) is 2.98. The average molecular weight is 223 g/mol. The van der Waals surface area contributed by atoms with Gasteiger partial charge < -0.3 is 0 Å². The third-order valence-electron chi connectivity index (χ3n) is 2.62. The molecule has 4 nitrogen and oxygen atoms in total. The quantitative estimate of drug-likeness (QED) is 0.431. The Morgan fingerprint density at radius 1 is 1.44 bits per heavy atom. The molecule has 16 heavy (non-hydrogen) atoms. The van der Waals surface area contributed by atoms with E-state index >= 15 is 0 Å². The van der Waals surface area contributed by atoms with Gasteiger partial charge in [0.05, 0.1) is 0 Å². The molecule has 6 heteroatoms. The van der Waals surface area contributed by atoms with Crippen LogP contribution in [0.2, 0.25) is 0 Å². The third-order valence-corrected chi connectivity index (χ3v) is 2.62. The molecule has 0 aromatic heterocycles. The molecule has 1 amide bonds. The van der Waals surface area contributed by atoms with Crippen molar-refractivity contribution in [2.75, 3.05) is 0 Å². The monoisotopic (exact) mass is 223 g/mol. The van der Waals surface area contributed by atoms with E-state index in [1.165, 1.54) is 6.07 Å². The van der Waals surface area contributed by atoms with E-state index in [4.69, 9.17) is 5.53 Å². The predicted molar refractivity (Wildman–Crippen MR) is 51.4 cm³/mol. The Kier molecular flexibility index (Phi) is 2.58. The Balaban J connectivity index is 2.14. The van der Waals surface area contributed by atoms with Crippen molar-refractivity contribution in [3.63, 3.8) is 0 Å². The van der Waals surface area contributed by atoms with Crippen LogP contribution in [-0.2, 0) is 4.79 Å². The molecule has 0 spiro atoms. The van der Waals surface area contributed by atoms with Crippen LogP contribution < -0.4 is 0 Å². The van der Waals surface area contributed by atoms with Crippen LogP contribution in [-0.4, -0.2) is 5.91 Å². The van der Waals surface area contributed by atoms with Gasteiger partial charge in [-0.25, -0.2) is 8.78 Å². The molecule has 1 aliphatic rings. The minimum absolute atomic E-state index is 0.159. The number of hydrogen-bond donors (Lipinski definition) is 0. The summed E-state index contributed by atoms with van der Waals surface area (Å²) < 4.78 is 25.6. The molecule has 0 aliphatic heterocycles. The number of benzene rings is 1. The van der Waals surface area contributed by atoms with Gasteiger partial charge >= 0.3 is 0 Å². The SMILES string of the molecule is [N-]=[N+]=NC(=O)[C@@H]1C[C@H]1c1ccc(F)c(F)c1. The predicted octanol–water partition coefficient (Wildman–Crippen LogP) is 2.91. The summed E-state index contributed by atoms with van der Waals surface area (Å²) in [5.41, 5.74) is 8.64. The molecule has 82 valence electrons. The molecule has 1 saturated carbocycles. The Morgan fingerprint density at radius 3 is 2.81 bits per heavy atom. The van der Waals surface area contributed by atoms with Crippen molar-refractivity contribution in [3.05, 3.63) is 45.8 Å². The first-order valence-corrected chi connectivity index (χ1v) is 4.67. The van der Waals surface area contributed by atoms with Gasteiger partial charge in [-0.2, -0.15) is 0 Å². The number of azide groups is 1. The highest BCUT2D eigenvalue weighted by Crippen LogP contribution is 2.48. The number of nitrogens with zero attached hydrogens (tertiary/aromatic N) is 3. The fourth-order valence-corrected chi connectivity index (χ4v) is 1.70. The lowest BCUT2D eigenvalue weighted by Gasteiger charge is -1.99. The summed E-state index contributed by atoms with van der Waals surface area (Å²) >= 11 is 0. The second kappa shape index (κ2) is 3.90. The van der Waals surface area contributed by atoms with Crippen LogP contribution in [0.4, 0.5) is 8.78 Å². The molecular weight excluding hydrogens is 216 g/mol. The Bertz CT molecular complexity index is 497. The van der Waals surface area contributed by atoms with Gasteiger partial charge in [0.2, 0.25) is 5.91 Å². The minimum Gasteiger partial charge on any atom is -0.292 e. The van der Waals surface area contributed by atoms with Crippen molar-refractivity contribution >= 4 is 5.91 Å². The first-order chi connectivity index (χ1) is 7.63. The standard InChI is InChI=1S/C10H7F2N3O/c11-8-2-1-5(3-9(8)12)6-4-7(6)10(16)14-15-13/h1-3,6-7H,4H2/t6-,7+/m0/s1. The third kappa shape index (κ3) is 1.87. The summed E-state index contributed by atoms with van der Waals surface area (Å²) in [6.07, 6.45) is 0.517. The van der Waals surface area contributed by atoms with E-state index in [9.17, 15) is 13.6 Å². The lowest BCUT2D eigenvalue weighted by Crippen LogP contribution is -1.97. The molecule has 2 rings (SSSR count). The van der Waals surface area contributed by atoms with E-state index in [0.717, 1.165) is 12.1 Å². The fraction of sp³-hybridized carbons (Fsp3) is 0.300. The molecule has 0 saturated heterocycles. The first kappa shape index (κ1) is 10.6.